The zero-order chi connectivity index (χ0) is 19.7. The Balaban J connectivity index is 1.33. The van der Waals surface area contributed by atoms with Crippen molar-refractivity contribution < 1.29 is 14.5 Å². The molecule has 28 heavy (non-hydrogen) atoms. The standard InChI is InChI=1S/C19H25N5O4/c25-17-2-1-9-23(17)13-5-3-12(4-6-13)11-20-19(26)18-15-10-14(24(27)28)7-8-16(15)21-22-18/h3-6,14-16,18,21-22H,1-2,7-11H2,(H,20,26). The van der Waals surface area contributed by atoms with Crippen LogP contribution >= 0.6 is 0 Å². The highest BCUT2D eigenvalue weighted by atomic mass is 16.6. The van der Waals surface area contributed by atoms with Gasteiger partial charge in [-0.3, -0.25) is 25.1 Å². The lowest BCUT2D eigenvalue weighted by Crippen LogP contribution is -2.46. The summed E-state index contributed by atoms with van der Waals surface area (Å²) in [7, 11) is 0. The van der Waals surface area contributed by atoms with E-state index >= 15 is 0 Å². The molecule has 0 radical (unpaired) electrons. The number of nitrogens with zero attached hydrogens (tertiary/aromatic N) is 2. The molecule has 4 rings (SSSR count). The smallest absolute Gasteiger partial charge is 0.239 e. The Labute approximate surface area is 163 Å². The minimum atomic E-state index is -0.570. The first-order valence-electron chi connectivity index (χ1n) is 9.84. The molecule has 9 heteroatoms. The van der Waals surface area contributed by atoms with Crippen LogP contribution in [-0.2, 0) is 16.1 Å². The Bertz CT molecular complexity index is 768. The molecule has 1 aromatic carbocycles. The summed E-state index contributed by atoms with van der Waals surface area (Å²) in [6.07, 6.45) is 3.14. The summed E-state index contributed by atoms with van der Waals surface area (Å²) in [5.41, 5.74) is 7.96. The molecule has 3 aliphatic rings. The summed E-state index contributed by atoms with van der Waals surface area (Å²) < 4.78 is 0. The maximum absolute atomic E-state index is 12.6. The van der Waals surface area contributed by atoms with Crippen molar-refractivity contribution >= 4 is 17.5 Å². The fourth-order valence-electron chi connectivity index (χ4n) is 4.50. The van der Waals surface area contributed by atoms with Gasteiger partial charge in [0.25, 0.3) is 0 Å². The SMILES string of the molecule is O=C(NCc1ccc(N2CCCC2=O)cc1)C1NNC2CCC([N+](=O)[O-])CC21. The summed E-state index contributed by atoms with van der Waals surface area (Å²) in [6.45, 7) is 1.13. The topological polar surface area (TPSA) is 117 Å². The third-order valence-corrected chi connectivity index (χ3v) is 6.09. The number of hydrogen-bond donors (Lipinski definition) is 3. The van der Waals surface area contributed by atoms with E-state index < -0.39 is 12.1 Å². The molecule has 2 heterocycles. The molecule has 2 amide bonds. The molecule has 150 valence electrons. The van der Waals surface area contributed by atoms with Gasteiger partial charge in [-0.05, 0) is 30.5 Å². The summed E-state index contributed by atoms with van der Waals surface area (Å²) in [5, 5.41) is 14.0. The van der Waals surface area contributed by atoms with E-state index in [-0.39, 0.29) is 28.7 Å². The van der Waals surface area contributed by atoms with E-state index in [0.29, 0.717) is 32.2 Å². The van der Waals surface area contributed by atoms with Crippen molar-refractivity contribution in [3.8, 4) is 0 Å². The molecule has 4 atom stereocenters. The average molecular weight is 387 g/mol. The minimum Gasteiger partial charge on any atom is -0.351 e. The molecular weight excluding hydrogens is 362 g/mol. The van der Waals surface area contributed by atoms with E-state index in [1.807, 2.05) is 24.3 Å². The second kappa shape index (κ2) is 7.84. The molecule has 3 fully saturated rings. The number of hydrazine groups is 1. The van der Waals surface area contributed by atoms with Crippen LogP contribution in [0.2, 0.25) is 0 Å². The van der Waals surface area contributed by atoms with E-state index in [0.717, 1.165) is 24.2 Å². The molecule has 2 saturated heterocycles. The lowest BCUT2D eigenvalue weighted by atomic mass is 9.79. The predicted molar refractivity (Wildman–Crippen MR) is 102 cm³/mol. The van der Waals surface area contributed by atoms with Crippen molar-refractivity contribution in [2.45, 2.75) is 56.8 Å². The van der Waals surface area contributed by atoms with Gasteiger partial charge in [0.15, 0.2) is 0 Å². The third-order valence-electron chi connectivity index (χ3n) is 6.09. The number of carbonyl (C=O) groups excluding carboxylic acids is 2. The van der Waals surface area contributed by atoms with Crippen molar-refractivity contribution in [1.82, 2.24) is 16.2 Å². The molecule has 1 aromatic rings. The summed E-state index contributed by atoms with van der Waals surface area (Å²) in [5.74, 6) is -0.0774. The number of nitro groups is 1. The largest absolute Gasteiger partial charge is 0.351 e. The average Bonchev–Trinajstić information content (AvgIpc) is 3.32. The highest BCUT2D eigenvalue weighted by molar-refractivity contribution is 5.95. The Kier molecular flexibility index (Phi) is 5.27. The predicted octanol–water partition coefficient (Wildman–Crippen LogP) is 0.720. The number of amides is 2. The summed E-state index contributed by atoms with van der Waals surface area (Å²) in [6, 6.07) is 6.69. The Morgan fingerprint density at radius 1 is 1.25 bits per heavy atom. The van der Waals surface area contributed by atoms with Crippen LogP contribution in [0.3, 0.4) is 0 Å². The van der Waals surface area contributed by atoms with Crippen LogP contribution in [0.1, 0.15) is 37.7 Å². The quantitative estimate of drug-likeness (QED) is 0.506. The van der Waals surface area contributed by atoms with Crippen molar-refractivity contribution in [3.63, 3.8) is 0 Å². The second-order valence-corrected chi connectivity index (χ2v) is 7.82. The molecule has 1 aliphatic carbocycles. The Morgan fingerprint density at radius 3 is 2.71 bits per heavy atom. The molecule has 0 spiro atoms. The first kappa shape index (κ1) is 18.8. The number of rotatable bonds is 5. The summed E-state index contributed by atoms with van der Waals surface area (Å²) in [4.78, 5) is 37.1. The van der Waals surface area contributed by atoms with Gasteiger partial charge in [0.2, 0.25) is 17.9 Å². The molecule has 4 unspecified atom stereocenters. The number of nitrogens with one attached hydrogen (secondary N) is 3. The zero-order valence-corrected chi connectivity index (χ0v) is 15.6. The Morgan fingerprint density at radius 2 is 2.04 bits per heavy atom. The normalized spacial score (nSPS) is 29.6. The van der Waals surface area contributed by atoms with Gasteiger partial charge in [0.05, 0.1) is 0 Å². The monoisotopic (exact) mass is 387 g/mol. The van der Waals surface area contributed by atoms with Crippen LogP contribution in [0.4, 0.5) is 5.69 Å². The summed E-state index contributed by atoms with van der Waals surface area (Å²) >= 11 is 0. The number of anilines is 1. The van der Waals surface area contributed by atoms with Gasteiger partial charge in [-0.1, -0.05) is 12.1 Å². The fraction of sp³-hybridized carbons (Fsp3) is 0.579. The third kappa shape index (κ3) is 3.72. The number of benzene rings is 1. The van der Waals surface area contributed by atoms with E-state index in [1.165, 1.54) is 0 Å². The lowest BCUT2D eigenvalue weighted by molar-refractivity contribution is -0.528. The minimum absolute atomic E-state index is 0.0762. The van der Waals surface area contributed by atoms with Crippen LogP contribution in [-0.4, -0.2) is 41.4 Å². The lowest BCUT2D eigenvalue weighted by Gasteiger charge is -2.28. The van der Waals surface area contributed by atoms with E-state index in [4.69, 9.17) is 0 Å². The van der Waals surface area contributed by atoms with Gasteiger partial charge in [-0.2, -0.15) is 0 Å². The molecular formula is C19H25N5O4. The van der Waals surface area contributed by atoms with E-state index in [2.05, 4.69) is 16.2 Å². The van der Waals surface area contributed by atoms with Gasteiger partial charge in [-0.25, -0.2) is 5.43 Å². The van der Waals surface area contributed by atoms with Gasteiger partial charge >= 0.3 is 0 Å². The van der Waals surface area contributed by atoms with Gasteiger partial charge < -0.3 is 10.2 Å². The van der Waals surface area contributed by atoms with E-state index in [1.54, 1.807) is 4.90 Å². The maximum Gasteiger partial charge on any atom is 0.239 e. The molecule has 3 N–H and O–H groups in total. The van der Waals surface area contributed by atoms with Crippen LogP contribution in [0.25, 0.3) is 0 Å². The molecule has 0 aromatic heterocycles. The first-order valence-corrected chi connectivity index (χ1v) is 9.84. The van der Waals surface area contributed by atoms with Gasteiger partial charge in [0.1, 0.15) is 6.04 Å². The zero-order valence-electron chi connectivity index (χ0n) is 15.6. The first-order chi connectivity index (χ1) is 13.5. The van der Waals surface area contributed by atoms with E-state index in [9.17, 15) is 19.7 Å². The second-order valence-electron chi connectivity index (χ2n) is 7.82. The molecule has 0 bridgehead atoms. The van der Waals surface area contributed by atoms with Crippen molar-refractivity contribution in [2.75, 3.05) is 11.4 Å². The molecule has 1 saturated carbocycles. The highest BCUT2D eigenvalue weighted by Crippen LogP contribution is 2.31. The number of carbonyl (C=O) groups is 2. The highest BCUT2D eigenvalue weighted by Gasteiger charge is 2.46. The van der Waals surface area contributed by atoms with Crippen molar-refractivity contribution in [1.29, 1.82) is 0 Å². The van der Waals surface area contributed by atoms with Crippen molar-refractivity contribution in [3.05, 3.63) is 39.9 Å². The van der Waals surface area contributed by atoms with Crippen LogP contribution < -0.4 is 21.1 Å². The number of hydrogen-bond acceptors (Lipinski definition) is 6. The molecule has 9 nitrogen and oxygen atoms in total. The fourth-order valence-corrected chi connectivity index (χ4v) is 4.50. The van der Waals surface area contributed by atoms with Crippen LogP contribution in [0.15, 0.2) is 24.3 Å². The maximum atomic E-state index is 12.6. The van der Waals surface area contributed by atoms with Gasteiger partial charge in [-0.15, -0.1) is 0 Å². The van der Waals surface area contributed by atoms with Crippen molar-refractivity contribution in [2.24, 2.45) is 5.92 Å². The van der Waals surface area contributed by atoms with Crippen LogP contribution in [0, 0.1) is 16.0 Å². The number of fused-ring (bicyclic) bond motifs is 1. The Hall–Kier alpha value is -2.52. The van der Waals surface area contributed by atoms with Gasteiger partial charge in [0, 0.05) is 54.9 Å². The van der Waals surface area contributed by atoms with Crippen LogP contribution in [0.5, 0.6) is 0 Å². The molecule has 2 aliphatic heterocycles.